The molecule has 1 aliphatic carbocycles. The fourth-order valence-electron chi connectivity index (χ4n) is 2.71. The number of benzene rings is 1. The molecule has 2 unspecified atom stereocenters. The minimum absolute atomic E-state index is 0.213. The third kappa shape index (κ3) is 2.82. The highest BCUT2D eigenvalue weighted by atomic mass is 16.4. The summed E-state index contributed by atoms with van der Waals surface area (Å²) < 4.78 is 5.41. The first-order valence-corrected chi connectivity index (χ1v) is 7.27. The molecule has 0 radical (unpaired) electrons. The Morgan fingerprint density at radius 3 is 2.91 bits per heavy atom. The molecule has 0 saturated heterocycles. The molecule has 116 valence electrons. The van der Waals surface area contributed by atoms with Gasteiger partial charge in [0.25, 0.3) is 0 Å². The summed E-state index contributed by atoms with van der Waals surface area (Å²) in [6.07, 6.45) is -0.0476. The molecule has 22 heavy (non-hydrogen) atoms. The lowest BCUT2D eigenvalue weighted by molar-refractivity contribution is 0.142. The van der Waals surface area contributed by atoms with E-state index in [1.165, 1.54) is 0 Å². The van der Waals surface area contributed by atoms with Crippen LogP contribution in [0, 0.1) is 13.8 Å². The largest absolute Gasteiger partial charge is 0.444 e. The molecular formula is C16H19N3O3. The van der Waals surface area contributed by atoms with Crippen LogP contribution in [0.1, 0.15) is 34.5 Å². The highest BCUT2D eigenvalue weighted by Crippen LogP contribution is 2.31. The summed E-state index contributed by atoms with van der Waals surface area (Å²) in [6, 6.07) is 7.00. The molecule has 1 aromatic heterocycles. The van der Waals surface area contributed by atoms with Crippen molar-refractivity contribution in [3.63, 3.8) is 0 Å². The van der Waals surface area contributed by atoms with Crippen LogP contribution in [-0.2, 0) is 13.0 Å². The van der Waals surface area contributed by atoms with Gasteiger partial charge in [0.05, 0.1) is 24.4 Å². The summed E-state index contributed by atoms with van der Waals surface area (Å²) in [6.45, 7) is 3.90. The Balaban J connectivity index is 1.60. The molecule has 0 spiro atoms. The Kier molecular flexibility index (Phi) is 3.85. The second kappa shape index (κ2) is 5.81. The molecule has 1 aliphatic rings. The molecular weight excluding hydrogens is 282 g/mol. The zero-order chi connectivity index (χ0) is 15.7. The molecule has 2 atom stereocenters. The van der Waals surface area contributed by atoms with E-state index in [0.29, 0.717) is 12.3 Å². The number of aromatic nitrogens is 1. The van der Waals surface area contributed by atoms with Crippen LogP contribution in [0.15, 0.2) is 28.7 Å². The second-order valence-corrected chi connectivity index (χ2v) is 5.52. The number of aliphatic hydroxyl groups excluding tert-OH is 1. The van der Waals surface area contributed by atoms with E-state index in [9.17, 15) is 9.90 Å². The van der Waals surface area contributed by atoms with E-state index in [-0.39, 0.29) is 18.6 Å². The van der Waals surface area contributed by atoms with Gasteiger partial charge in [-0.3, -0.25) is 0 Å². The van der Waals surface area contributed by atoms with Gasteiger partial charge in [-0.15, -0.1) is 0 Å². The number of nitrogens with zero attached hydrogens (tertiary/aromatic N) is 1. The monoisotopic (exact) mass is 301 g/mol. The summed E-state index contributed by atoms with van der Waals surface area (Å²) in [4.78, 5) is 16.2. The number of carbonyl (C=O) groups is 1. The van der Waals surface area contributed by atoms with Crippen LogP contribution < -0.4 is 10.6 Å². The van der Waals surface area contributed by atoms with Crippen molar-refractivity contribution < 1.29 is 14.3 Å². The van der Waals surface area contributed by atoms with Gasteiger partial charge in [-0.05, 0) is 25.0 Å². The fourth-order valence-corrected chi connectivity index (χ4v) is 2.71. The molecule has 3 rings (SSSR count). The Morgan fingerprint density at radius 1 is 1.41 bits per heavy atom. The SMILES string of the molecule is Cc1nc(CNC(=O)NC2c3ccccc3CC2O)oc1C. The van der Waals surface area contributed by atoms with Crippen molar-refractivity contribution in [3.05, 3.63) is 52.7 Å². The lowest BCUT2D eigenvalue weighted by Crippen LogP contribution is -2.40. The van der Waals surface area contributed by atoms with E-state index in [1.54, 1.807) is 0 Å². The molecule has 1 heterocycles. The lowest BCUT2D eigenvalue weighted by Gasteiger charge is -2.18. The molecule has 3 N–H and O–H groups in total. The smallest absolute Gasteiger partial charge is 0.315 e. The van der Waals surface area contributed by atoms with Crippen LogP contribution >= 0.6 is 0 Å². The summed E-state index contributed by atoms with van der Waals surface area (Å²) >= 11 is 0. The van der Waals surface area contributed by atoms with Crippen LogP contribution in [0.2, 0.25) is 0 Å². The number of hydrogen-bond acceptors (Lipinski definition) is 4. The van der Waals surface area contributed by atoms with E-state index in [4.69, 9.17) is 4.42 Å². The number of carbonyl (C=O) groups excluding carboxylic acids is 1. The number of fused-ring (bicyclic) bond motifs is 1. The van der Waals surface area contributed by atoms with Crippen molar-refractivity contribution in [2.24, 2.45) is 0 Å². The highest BCUT2D eigenvalue weighted by molar-refractivity contribution is 5.74. The Labute approximate surface area is 128 Å². The number of rotatable bonds is 3. The minimum atomic E-state index is -0.602. The van der Waals surface area contributed by atoms with Gasteiger partial charge in [0.15, 0.2) is 0 Å². The maximum Gasteiger partial charge on any atom is 0.315 e. The van der Waals surface area contributed by atoms with Crippen molar-refractivity contribution in [1.29, 1.82) is 0 Å². The third-order valence-corrected chi connectivity index (χ3v) is 3.96. The molecule has 0 aliphatic heterocycles. The third-order valence-electron chi connectivity index (χ3n) is 3.96. The van der Waals surface area contributed by atoms with Gasteiger partial charge in [-0.2, -0.15) is 0 Å². The summed E-state index contributed by atoms with van der Waals surface area (Å²) in [5.41, 5.74) is 2.85. The maximum absolute atomic E-state index is 12.0. The van der Waals surface area contributed by atoms with Gasteiger partial charge < -0.3 is 20.2 Å². The molecule has 6 nitrogen and oxygen atoms in total. The van der Waals surface area contributed by atoms with E-state index >= 15 is 0 Å². The molecule has 2 aromatic rings. The van der Waals surface area contributed by atoms with Crippen molar-refractivity contribution in [2.75, 3.05) is 0 Å². The maximum atomic E-state index is 12.0. The number of aliphatic hydroxyl groups is 1. The number of hydrogen-bond donors (Lipinski definition) is 3. The van der Waals surface area contributed by atoms with E-state index in [0.717, 1.165) is 22.6 Å². The fraction of sp³-hybridized carbons (Fsp3) is 0.375. The van der Waals surface area contributed by atoms with Gasteiger partial charge >= 0.3 is 6.03 Å². The number of nitrogens with one attached hydrogen (secondary N) is 2. The Morgan fingerprint density at radius 2 is 2.18 bits per heavy atom. The highest BCUT2D eigenvalue weighted by Gasteiger charge is 2.31. The summed E-state index contributed by atoms with van der Waals surface area (Å²) in [7, 11) is 0. The molecule has 0 saturated carbocycles. The molecule has 6 heteroatoms. The average Bonchev–Trinajstić information content (AvgIpc) is 2.97. The van der Waals surface area contributed by atoms with Crippen LogP contribution in [-0.4, -0.2) is 22.2 Å². The number of aryl methyl sites for hydroxylation is 2. The molecule has 1 aromatic carbocycles. The number of urea groups is 1. The van der Waals surface area contributed by atoms with Gasteiger partial charge in [-0.25, -0.2) is 9.78 Å². The van der Waals surface area contributed by atoms with E-state index < -0.39 is 6.10 Å². The minimum Gasteiger partial charge on any atom is -0.444 e. The van der Waals surface area contributed by atoms with Crippen molar-refractivity contribution in [3.8, 4) is 0 Å². The van der Waals surface area contributed by atoms with E-state index in [1.807, 2.05) is 38.1 Å². The first kappa shape index (κ1) is 14.6. The topological polar surface area (TPSA) is 87.4 Å². The van der Waals surface area contributed by atoms with Crippen molar-refractivity contribution >= 4 is 6.03 Å². The van der Waals surface area contributed by atoms with Gasteiger partial charge in [-0.1, -0.05) is 24.3 Å². The van der Waals surface area contributed by atoms with Crippen molar-refractivity contribution in [1.82, 2.24) is 15.6 Å². The van der Waals surface area contributed by atoms with Gasteiger partial charge in [0.1, 0.15) is 5.76 Å². The standard InChI is InChI=1S/C16H19N3O3/c1-9-10(2)22-14(18-9)8-17-16(21)19-15-12-6-4-3-5-11(12)7-13(15)20/h3-6,13,15,20H,7-8H2,1-2H3,(H2,17,19,21). The first-order chi connectivity index (χ1) is 10.5. The van der Waals surface area contributed by atoms with Gasteiger partial charge in [0.2, 0.25) is 5.89 Å². The normalized spacial score (nSPS) is 19.8. The predicted molar refractivity (Wildman–Crippen MR) is 80.2 cm³/mol. The summed E-state index contributed by atoms with van der Waals surface area (Å²) in [5.74, 6) is 1.22. The predicted octanol–water partition coefficient (Wildman–Crippen LogP) is 1.75. The number of amides is 2. The Bertz CT molecular complexity index is 676. The van der Waals surface area contributed by atoms with Crippen molar-refractivity contribution in [2.45, 2.75) is 39.0 Å². The summed E-state index contributed by atoms with van der Waals surface area (Å²) in [5, 5.41) is 15.6. The first-order valence-electron chi connectivity index (χ1n) is 7.27. The Hall–Kier alpha value is -2.34. The van der Waals surface area contributed by atoms with E-state index in [2.05, 4.69) is 15.6 Å². The average molecular weight is 301 g/mol. The van der Waals surface area contributed by atoms with Crippen LogP contribution in [0.4, 0.5) is 4.79 Å². The number of oxazole rings is 1. The molecule has 0 fully saturated rings. The van der Waals surface area contributed by atoms with Gasteiger partial charge in [0, 0.05) is 6.42 Å². The van der Waals surface area contributed by atoms with Crippen LogP contribution in [0.25, 0.3) is 0 Å². The molecule has 0 bridgehead atoms. The zero-order valence-corrected chi connectivity index (χ0v) is 12.6. The van der Waals surface area contributed by atoms with Crippen LogP contribution in [0.3, 0.4) is 0 Å². The van der Waals surface area contributed by atoms with Crippen LogP contribution in [0.5, 0.6) is 0 Å². The quantitative estimate of drug-likeness (QED) is 0.806. The molecule has 2 amide bonds. The zero-order valence-electron chi connectivity index (χ0n) is 12.6. The second-order valence-electron chi connectivity index (χ2n) is 5.52. The lowest BCUT2D eigenvalue weighted by atomic mass is 10.1.